The molecule has 5 rings (SSSR count). The SMILES string of the molecule is C[C@@H](c1c[nH]c2ccccc12)[C@@H](NC(=O)C1CCN(Cc2cccc(F)c2)CC1)C(=O)N(C)CC1OCC(N)CO1. The molecule has 2 fully saturated rings. The average molecular weight is 566 g/mol. The van der Waals surface area contributed by atoms with Gasteiger partial charge in [-0.25, -0.2) is 4.39 Å². The van der Waals surface area contributed by atoms with Crippen molar-refractivity contribution in [1.82, 2.24) is 20.1 Å². The number of likely N-dealkylation sites (N-methyl/N-ethyl adjacent to an activating group) is 1. The van der Waals surface area contributed by atoms with E-state index in [0.717, 1.165) is 35.1 Å². The van der Waals surface area contributed by atoms with Gasteiger partial charge in [-0.2, -0.15) is 0 Å². The highest BCUT2D eigenvalue weighted by molar-refractivity contribution is 5.91. The van der Waals surface area contributed by atoms with E-state index in [4.69, 9.17) is 15.2 Å². The molecular weight excluding hydrogens is 525 g/mol. The summed E-state index contributed by atoms with van der Waals surface area (Å²) in [5.74, 6) is -1.07. The van der Waals surface area contributed by atoms with Crippen LogP contribution < -0.4 is 11.1 Å². The number of H-pyrrole nitrogens is 1. The molecule has 0 aliphatic carbocycles. The fourth-order valence-corrected chi connectivity index (χ4v) is 5.78. The van der Waals surface area contributed by atoms with E-state index in [2.05, 4.69) is 15.2 Å². The van der Waals surface area contributed by atoms with Crippen molar-refractivity contribution in [3.05, 3.63) is 71.7 Å². The molecule has 0 spiro atoms. The van der Waals surface area contributed by atoms with E-state index in [9.17, 15) is 14.0 Å². The lowest BCUT2D eigenvalue weighted by Gasteiger charge is -2.35. The maximum absolute atomic E-state index is 13.9. The third-order valence-electron chi connectivity index (χ3n) is 8.22. The van der Waals surface area contributed by atoms with Gasteiger partial charge in [0.05, 0.1) is 25.8 Å². The molecule has 2 aliphatic rings. The quantitative estimate of drug-likeness (QED) is 0.368. The number of carbonyl (C=O) groups is 2. The molecular formula is C31H40FN5O4. The van der Waals surface area contributed by atoms with Gasteiger partial charge in [-0.1, -0.05) is 37.3 Å². The van der Waals surface area contributed by atoms with E-state index in [1.165, 1.54) is 6.07 Å². The van der Waals surface area contributed by atoms with Gasteiger partial charge in [0.1, 0.15) is 11.9 Å². The molecule has 220 valence electrons. The van der Waals surface area contributed by atoms with Gasteiger partial charge in [-0.15, -0.1) is 0 Å². The van der Waals surface area contributed by atoms with Gasteiger partial charge in [0, 0.05) is 42.5 Å². The van der Waals surface area contributed by atoms with Crippen molar-refractivity contribution < 1.29 is 23.5 Å². The number of carbonyl (C=O) groups excluding carboxylic acids is 2. The average Bonchev–Trinajstić information content (AvgIpc) is 3.41. The smallest absolute Gasteiger partial charge is 0.245 e. The molecule has 0 bridgehead atoms. The topological polar surface area (TPSA) is 113 Å². The van der Waals surface area contributed by atoms with Crippen molar-refractivity contribution in [3.8, 4) is 0 Å². The zero-order chi connectivity index (χ0) is 28.9. The number of benzene rings is 2. The molecule has 0 radical (unpaired) electrons. The number of amides is 2. The lowest BCUT2D eigenvalue weighted by molar-refractivity contribution is -0.193. The van der Waals surface area contributed by atoms with Gasteiger partial charge in [-0.3, -0.25) is 14.5 Å². The molecule has 9 nitrogen and oxygen atoms in total. The van der Waals surface area contributed by atoms with Crippen molar-refractivity contribution >= 4 is 22.7 Å². The predicted molar refractivity (Wildman–Crippen MR) is 154 cm³/mol. The minimum absolute atomic E-state index is 0.120. The van der Waals surface area contributed by atoms with Crippen LogP contribution in [0.25, 0.3) is 10.9 Å². The molecule has 2 aromatic carbocycles. The molecule has 0 unspecified atom stereocenters. The molecule has 41 heavy (non-hydrogen) atoms. The number of halogens is 1. The Morgan fingerprint density at radius 3 is 2.61 bits per heavy atom. The lowest BCUT2D eigenvalue weighted by atomic mass is 9.90. The van der Waals surface area contributed by atoms with Crippen molar-refractivity contribution in [1.29, 1.82) is 0 Å². The first-order valence-electron chi connectivity index (χ1n) is 14.4. The number of nitrogens with zero attached hydrogens (tertiary/aromatic N) is 2. The monoisotopic (exact) mass is 565 g/mol. The largest absolute Gasteiger partial charge is 0.361 e. The number of likely N-dealkylation sites (tertiary alicyclic amines) is 1. The van der Waals surface area contributed by atoms with Gasteiger partial charge in [0.2, 0.25) is 11.8 Å². The van der Waals surface area contributed by atoms with Crippen LogP contribution >= 0.6 is 0 Å². The highest BCUT2D eigenvalue weighted by atomic mass is 19.1. The molecule has 2 atom stereocenters. The summed E-state index contributed by atoms with van der Waals surface area (Å²) in [6.45, 7) is 5.05. The normalized spacial score (nSPS) is 21.9. The molecule has 10 heteroatoms. The Morgan fingerprint density at radius 2 is 1.88 bits per heavy atom. The number of nitrogens with one attached hydrogen (secondary N) is 2. The summed E-state index contributed by atoms with van der Waals surface area (Å²) in [4.78, 5) is 34.6. The molecule has 3 heterocycles. The molecule has 4 N–H and O–H groups in total. The number of ether oxygens (including phenoxy) is 2. The second kappa shape index (κ2) is 13.1. The Kier molecular flexibility index (Phi) is 9.34. The van der Waals surface area contributed by atoms with Crippen molar-refractivity contribution in [2.45, 2.75) is 50.6 Å². The zero-order valence-electron chi connectivity index (χ0n) is 23.7. The molecule has 0 saturated carbocycles. The molecule has 2 saturated heterocycles. The highest BCUT2D eigenvalue weighted by Gasteiger charge is 2.35. The van der Waals surface area contributed by atoms with Crippen LogP contribution in [0.4, 0.5) is 4.39 Å². The summed E-state index contributed by atoms with van der Waals surface area (Å²) in [5, 5.41) is 4.14. The van der Waals surface area contributed by atoms with E-state index in [1.54, 1.807) is 24.1 Å². The Balaban J connectivity index is 1.27. The predicted octanol–water partition coefficient (Wildman–Crippen LogP) is 2.97. The molecule has 1 aromatic heterocycles. The maximum Gasteiger partial charge on any atom is 0.245 e. The standard InChI is InChI=1S/C31H40FN5O4/c1-20(26-15-34-27-9-4-3-8-25(26)27)29(31(39)36(2)17-28-40-18-24(33)19-41-28)35-30(38)22-10-12-37(13-11-22)16-21-6-5-7-23(32)14-21/h3-9,14-15,20,22,24,28-29,34H,10-13,16-19,33H2,1-2H3,(H,35,38)/t20-,24?,28?,29+/m0/s1. The van der Waals surface area contributed by atoms with Crippen LogP contribution in [0, 0.1) is 11.7 Å². The van der Waals surface area contributed by atoms with Crippen LogP contribution in [0.1, 0.15) is 36.8 Å². The van der Waals surface area contributed by atoms with E-state index in [1.807, 2.05) is 43.5 Å². The van der Waals surface area contributed by atoms with Gasteiger partial charge in [0.25, 0.3) is 0 Å². The first-order chi connectivity index (χ1) is 19.8. The fourth-order valence-electron chi connectivity index (χ4n) is 5.78. The third-order valence-corrected chi connectivity index (χ3v) is 8.22. The van der Waals surface area contributed by atoms with Crippen molar-refractivity contribution in [2.24, 2.45) is 11.7 Å². The zero-order valence-corrected chi connectivity index (χ0v) is 23.7. The van der Waals surface area contributed by atoms with Crippen LogP contribution in [0.2, 0.25) is 0 Å². The maximum atomic E-state index is 13.9. The number of hydrogen-bond acceptors (Lipinski definition) is 6. The van der Waals surface area contributed by atoms with Crippen LogP contribution in [0.15, 0.2) is 54.7 Å². The van der Waals surface area contributed by atoms with Crippen LogP contribution in [0.5, 0.6) is 0 Å². The van der Waals surface area contributed by atoms with Crippen LogP contribution in [-0.4, -0.2) is 84.9 Å². The van der Waals surface area contributed by atoms with Crippen molar-refractivity contribution in [3.63, 3.8) is 0 Å². The Morgan fingerprint density at radius 1 is 1.15 bits per heavy atom. The van der Waals surface area contributed by atoms with Crippen molar-refractivity contribution in [2.75, 3.05) is 39.9 Å². The van der Waals surface area contributed by atoms with Gasteiger partial charge in [-0.05, 0) is 55.3 Å². The summed E-state index contributed by atoms with van der Waals surface area (Å²) in [7, 11) is 1.70. The lowest BCUT2D eigenvalue weighted by Crippen LogP contribution is -2.54. The second-order valence-electron chi connectivity index (χ2n) is 11.3. The fraction of sp³-hybridized carbons (Fsp3) is 0.484. The Hall–Kier alpha value is -3.31. The number of piperidine rings is 1. The van der Waals surface area contributed by atoms with Gasteiger partial charge >= 0.3 is 0 Å². The van der Waals surface area contributed by atoms with Crippen LogP contribution in [0.3, 0.4) is 0 Å². The minimum Gasteiger partial charge on any atom is -0.361 e. The van der Waals surface area contributed by atoms with Gasteiger partial charge in [0.15, 0.2) is 6.29 Å². The summed E-state index contributed by atoms with van der Waals surface area (Å²) in [5.41, 5.74) is 8.72. The van der Waals surface area contributed by atoms with E-state index in [-0.39, 0.29) is 42.1 Å². The number of fused-ring (bicyclic) bond motifs is 1. The number of aromatic amines is 1. The van der Waals surface area contributed by atoms with Gasteiger partial charge < -0.3 is 30.4 Å². The summed E-state index contributed by atoms with van der Waals surface area (Å²) in [6, 6.07) is 13.6. The van der Waals surface area contributed by atoms with E-state index < -0.39 is 12.3 Å². The Bertz CT molecular complexity index is 1330. The summed E-state index contributed by atoms with van der Waals surface area (Å²) in [6.07, 6.45) is 2.69. The third kappa shape index (κ3) is 7.13. The first kappa shape index (κ1) is 29.2. The molecule has 2 amide bonds. The molecule has 3 aromatic rings. The number of rotatable bonds is 9. The van der Waals surface area contributed by atoms with E-state index >= 15 is 0 Å². The second-order valence-corrected chi connectivity index (χ2v) is 11.3. The first-order valence-corrected chi connectivity index (χ1v) is 14.4. The number of hydrogen-bond donors (Lipinski definition) is 3. The summed E-state index contributed by atoms with van der Waals surface area (Å²) < 4.78 is 24.9. The van der Waals surface area contributed by atoms with E-state index in [0.29, 0.717) is 32.6 Å². The molecule has 2 aliphatic heterocycles. The number of para-hydroxylation sites is 1. The number of nitrogens with two attached hydrogens (primary N) is 1. The number of aromatic nitrogens is 1. The summed E-state index contributed by atoms with van der Waals surface area (Å²) >= 11 is 0. The highest BCUT2D eigenvalue weighted by Crippen LogP contribution is 2.29. The Labute approximate surface area is 240 Å². The van der Waals surface area contributed by atoms with Crippen LogP contribution in [-0.2, 0) is 25.6 Å². The minimum atomic E-state index is -0.775.